The molecule has 176 valence electrons. The molecule has 1 aromatic heterocycles. The smallest absolute Gasteiger partial charge is 0.276 e. The second kappa shape index (κ2) is 8.82. The van der Waals surface area contributed by atoms with E-state index >= 15 is 0 Å². The Morgan fingerprint density at radius 2 is 2.12 bits per heavy atom. The Hall–Kier alpha value is -3.86. The van der Waals surface area contributed by atoms with Crippen LogP contribution in [0.5, 0.6) is 0 Å². The molecule has 2 atom stereocenters. The van der Waals surface area contributed by atoms with Crippen LogP contribution in [0.15, 0.2) is 36.5 Å². The molecule has 0 saturated carbocycles. The first-order valence-corrected chi connectivity index (χ1v) is 11.1. The molecule has 11 heteroatoms. The summed E-state index contributed by atoms with van der Waals surface area (Å²) in [6.45, 7) is 1.26. The largest absolute Gasteiger partial charge is 0.382 e. The van der Waals surface area contributed by atoms with Crippen LogP contribution in [-0.2, 0) is 20.9 Å². The molecule has 0 radical (unpaired) electrons. The Morgan fingerprint density at radius 3 is 2.91 bits per heavy atom. The summed E-state index contributed by atoms with van der Waals surface area (Å²) in [7, 11) is 1.60. The third-order valence-corrected chi connectivity index (χ3v) is 6.38. The number of rotatable bonds is 5. The van der Waals surface area contributed by atoms with Crippen LogP contribution >= 0.6 is 0 Å². The van der Waals surface area contributed by atoms with E-state index in [1.807, 2.05) is 18.2 Å². The van der Waals surface area contributed by atoms with Crippen molar-refractivity contribution in [3.8, 4) is 5.69 Å². The molecule has 4 heterocycles. The first-order valence-electron chi connectivity index (χ1n) is 11.1. The molecule has 1 fully saturated rings. The van der Waals surface area contributed by atoms with Gasteiger partial charge in [-0.2, -0.15) is 0 Å². The van der Waals surface area contributed by atoms with Gasteiger partial charge >= 0.3 is 0 Å². The number of ether oxygens (including phenoxy) is 1. The van der Waals surface area contributed by atoms with Gasteiger partial charge in [0, 0.05) is 32.2 Å². The molecule has 2 aromatic rings. The Morgan fingerprint density at radius 1 is 1.26 bits per heavy atom. The number of nitrogens with zero attached hydrogens (tertiary/aromatic N) is 5. The van der Waals surface area contributed by atoms with Crippen molar-refractivity contribution in [2.75, 3.05) is 20.3 Å². The monoisotopic (exact) mass is 464 g/mol. The van der Waals surface area contributed by atoms with E-state index in [-0.39, 0.29) is 35.9 Å². The lowest BCUT2D eigenvalue weighted by Crippen LogP contribution is -2.52. The number of hydrogen-bond acceptors (Lipinski definition) is 7. The summed E-state index contributed by atoms with van der Waals surface area (Å²) >= 11 is 0. The summed E-state index contributed by atoms with van der Waals surface area (Å²) in [6.07, 6.45) is 6.80. The first kappa shape index (κ1) is 22.0. The number of fused-ring (bicyclic) bond motifs is 1. The van der Waals surface area contributed by atoms with Gasteiger partial charge in [0.15, 0.2) is 5.69 Å². The van der Waals surface area contributed by atoms with Crippen molar-refractivity contribution in [3.63, 3.8) is 0 Å². The van der Waals surface area contributed by atoms with Gasteiger partial charge in [0.05, 0.1) is 24.5 Å². The van der Waals surface area contributed by atoms with Gasteiger partial charge < -0.3 is 14.5 Å². The minimum absolute atomic E-state index is 0.160. The number of piperidine rings is 1. The molecule has 3 aliphatic heterocycles. The van der Waals surface area contributed by atoms with E-state index in [0.29, 0.717) is 37.4 Å². The summed E-state index contributed by atoms with van der Waals surface area (Å²) in [5.41, 5.74) is 2.04. The summed E-state index contributed by atoms with van der Waals surface area (Å²) in [5.74, 6) is -1.28. The number of aromatic nitrogens is 3. The van der Waals surface area contributed by atoms with E-state index in [4.69, 9.17) is 4.74 Å². The SMILES string of the molecule is COCC1C=CCCN1C(=O)c1cn(-c2ccc3c(c2)C(=O)N(C2CCC(=O)NC2=O)C3)nn1. The Balaban J connectivity index is 1.35. The zero-order valence-electron chi connectivity index (χ0n) is 18.6. The predicted octanol–water partition coefficient (Wildman–Crippen LogP) is 0.445. The van der Waals surface area contributed by atoms with Crippen LogP contribution in [0.3, 0.4) is 0 Å². The van der Waals surface area contributed by atoms with Crippen molar-refractivity contribution < 1.29 is 23.9 Å². The van der Waals surface area contributed by atoms with Gasteiger partial charge in [-0.1, -0.05) is 23.4 Å². The summed E-state index contributed by atoms with van der Waals surface area (Å²) in [5, 5.41) is 10.5. The quantitative estimate of drug-likeness (QED) is 0.503. The number of nitrogens with one attached hydrogen (secondary N) is 1. The summed E-state index contributed by atoms with van der Waals surface area (Å²) < 4.78 is 6.68. The highest BCUT2D eigenvalue weighted by atomic mass is 16.5. The van der Waals surface area contributed by atoms with Crippen molar-refractivity contribution in [1.82, 2.24) is 30.1 Å². The lowest BCUT2D eigenvalue weighted by molar-refractivity contribution is -0.136. The second-order valence-corrected chi connectivity index (χ2v) is 8.53. The fourth-order valence-corrected chi connectivity index (χ4v) is 4.63. The number of carbonyl (C=O) groups is 4. The van der Waals surface area contributed by atoms with E-state index in [1.165, 1.54) is 9.58 Å². The molecule has 0 spiro atoms. The summed E-state index contributed by atoms with van der Waals surface area (Å²) in [6, 6.07) is 4.45. The van der Waals surface area contributed by atoms with Gasteiger partial charge in [0.1, 0.15) is 6.04 Å². The molecule has 3 aliphatic rings. The average molecular weight is 464 g/mol. The number of benzene rings is 1. The molecule has 34 heavy (non-hydrogen) atoms. The minimum atomic E-state index is -0.671. The maximum atomic E-state index is 13.1. The fourth-order valence-electron chi connectivity index (χ4n) is 4.63. The van der Waals surface area contributed by atoms with Gasteiger partial charge in [0.25, 0.3) is 11.8 Å². The lowest BCUT2D eigenvalue weighted by atomic mass is 10.0. The molecule has 2 unspecified atom stereocenters. The minimum Gasteiger partial charge on any atom is -0.382 e. The molecule has 1 N–H and O–H groups in total. The van der Waals surface area contributed by atoms with E-state index in [1.54, 1.807) is 30.3 Å². The highest BCUT2D eigenvalue weighted by Crippen LogP contribution is 2.29. The van der Waals surface area contributed by atoms with E-state index in [2.05, 4.69) is 15.6 Å². The van der Waals surface area contributed by atoms with Crippen molar-refractivity contribution in [2.24, 2.45) is 0 Å². The molecule has 11 nitrogen and oxygen atoms in total. The molecule has 1 saturated heterocycles. The maximum absolute atomic E-state index is 13.1. The van der Waals surface area contributed by atoms with Crippen LogP contribution in [0.1, 0.15) is 45.7 Å². The number of carbonyl (C=O) groups excluding carboxylic acids is 4. The number of amides is 4. The summed E-state index contributed by atoms with van der Waals surface area (Å²) in [4.78, 5) is 53.0. The van der Waals surface area contributed by atoms with E-state index in [9.17, 15) is 19.2 Å². The normalized spacial score (nSPS) is 22.2. The molecule has 0 aliphatic carbocycles. The van der Waals surface area contributed by atoms with Crippen LogP contribution in [0.25, 0.3) is 5.69 Å². The van der Waals surface area contributed by atoms with Crippen LogP contribution in [-0.4, -0.2) is 80.8 Å². The molecule has 0 bridgehead atoms. The van der Waals surface area contributed by atoms with Gasteiger partial charge in [-0.25, -0.2) is 4.68 Å². The van der Waals surface area contributed by atoms with Crippen LogP contribution in [0, 0.1) is 0 Å². The first-order chi connectivity index (χ1) is 16.5. The van der Waals surface area contributed by atoms with Crippen molar-refractivity contribution in [3.05, 3.63) is 53.4 Å². The van der Waals surface area contributed by atoms with Crippen LogP contribution in [0.4, 0.5) is 0 Å². The Labute approximate surface area is 195 Å². The van der Waals surface area contributed by atoms with Crippen LogP contribution < -0.4 is 5.32 Å². The van der Waals surface area contributed by atoms with Gasteiger partial charge in [0.2, 0.25) is 11.8 Å². The second-order valence-electron chi connectivity index (χ2n) is 8.53. The molecular weight excluding hydrogens is 440 g/mol. The average Bonchev–Trinajstić information content (AvgIpc) is 3.45. The highest BCUT2D eigenvalue weighted by molar-refractivity contribution is 6.05. The van der Waals surface area contributed by atoms with Gasteiger partial charge in [-0.05, 0) is 30.5 Å². The molecule has 5 rings (SSSR count). The van der Waals surface area contributed by atoms with Crippen molar-refractivity contribution >= 4 is 23.6 Å². The topological polar surface area (TPSA) is 127 Å². The third-order valence-electron chi connectivity index (χ3n) is 6.38. The maximum Gasteiger partial charge on any atom is 0.276 e. The fraction of sp³-hybridized carbons (Fsp3) is 0.391. The predicted molar refractivity (Wildman–Crippen MR) is 118 cm³/mol. The van der Waals surface area contributed by atoms with E-state index in [0.717, 1.165) is 12.0 Å². The number of methoxy groups -OCH3 is 1. The standard InChI is InChI=1S/C23H24N6O5/c1-34-13-16-4-2-3-9-27(16)23(33)18-12-29(26-25-18)15-6-5-14-11-28(22(32)17(14)10-15)19-7-8-20(30)24-21(19)31/h2,4-6,10,12,16,19H,3,7-9,11,13H2,1H3,(H,24,30,31). The zero-order chi connectivity index (χ0) is 23.8. The third kappa shape index (κ3) is 3.87. The van der Waals surface area contributed by atoms with Crippen molar-refractivity contribution in [1.29, 1.82) is 0 Å². The lowest BCUT2D eigenvalue weighted by Gasteiger charge is -2.31. The Bertz CT molecular complexity index is 1200. The van der Waals surface area contributed by atoms with Crippen molar-refractivity contribution in [2.45, 2.75) is 37.9 Å². The number of hydrogen-bond donors (Lipinski definition) is 1. The van der Waals surface area contributed by atoms with Gasteiger partial charge in [-0.3, -0.25) is 24.5 Å². The molecule has 4 amide bonds. The molecule has 1 aromatic carbocycles. The zero-order valence-corrected chi connectivity index (χ0v) is 18.6. The van der Waals surface area contributed by atoms with Gasteiger partial charge in [-0.15, -0.1) is 5.10 Å². The Kier molecular flexibility index (Phi) is 5.70. The van der Waals surface area contributed by atoms with Crippen LogP contribution in [0.2, 0.25) is 0 Å². The molecular formula is C23H24N6O5. The van der Waals surface area contributed by atoms with E-state index < -0.39 is 11.9 Å². The highest BCUT2D eigenvalue weighted by Gasteiger charge is 2.39. The number of imide groups is 1.